The summed E-state index contributed by atoms with van der Waals surface area (Å²) in [5.74, 6) is 0.186. The maximum atomic E-state index is 13.0. The zero-order chi connectivity index (χ0) is 14.5. The second kappa shape index (κ2) is 7.13. The van der Waals surface area contributed by atoms with E-state index < -0.39 is 0 Å². The van der Waals surface area contributed by atoms with Crippen LogP contribution in [0.25, 0.3) is 0 Å². The van der Waals surface area contributed by atoms with Crippen molar-refractivity contribution in [2.75, 3.05) is 39.3 Å². The maximum Gasteiger partial charge on any atom is 0.169 e. The highest BCUT2D eigenvalue weighted by Gasteiger charge is 2.36. The monoisotopic (exact) mass is 288 g/mol. The lowest BCUT2D eigenvalue weighted by molar-refractivity contribution is 0.0830. The molecule has 3 rings (SSSR count). The van der Waals surface area contributed by atoms with Crippen molar-refractivity contribution in [2.24, 2.45) is 5.92 Å². The predicted molar refractivity (Wildman–Crippen MR) is 83.6 cm³/mol. The van der Waals surface area contributed by atoms with E-state index in [0.29, 0.717) is 0 Å². The molecule has 2 heterocycles. The highest BCUT2D eigenvalue weighted by Crippen LogP contribution is 2.18. The summed E-state index contributed by atoms with van der Waals surface area (Å²) in [5, 5.41) is 13.8. The lowest BCUT2D eigenvalue weighted by atomic mass is 9.83. The lowest BCUT2D eigenvalue weighted by Gasteiger charge is -2.38. The van der Waals surface area contributed by atoms with Crippen LogP contribution in [0.4, 0.5) is 0 Å². The second-order valence-electron chi connectivity index (χ2n) is 5.79. The highest BCUT2D eigenvalue weighted by molar-refractivity contribution is 5.98. The van der Waals surface area contributed by atoms with Gasteiger partial charge in [-0.3, -0.25) is 4.79 Å². The molecule has 1 aromatic carbocycles. The molecule has 2 aliphatic heterocycles. The fourth-order valence-electron chi connectivity index (χ4n) is 3.30. The van der Waals surface area contributed by atoms with E-state index in [4.69, 9.17) is 0 Å². The molecule has 2 saturated heterocycles. The van der Waals surface area contributed by atoms with Gasteiger partial charge >= 0.3 is 0 Å². The second-order valence-corrected chi connectivity index (χ2v) is 5.79. The predicted octanol–water partition coefficient (Wildman–Crippen LogP) is -0.392. The van der Waals surface area contributed by atoms with Crippen LogP contribution in [0.3, 0.4) is 0 Å². The van der Waals surface area contributed by atoms with Crippen LogP contribution in [0.1, 0.15) is 10.4 Å². The third-order valence-corrected chi connectivity index (χ3v) is 4.37. The van der Waals surface area contributed by atoms with Crippen LogP contribution in [0.15, 0.2) is 30.3 Å². The average molecular weight is 288 g/mol. The van der Waals surface area contributed by atoms with E-state index in [1.165, 1.54) is 0 Å². The van der Waals surface area contributed by atoms with Crippen LogP contribution in [-0.4, -0.2) is 57.1 Å². The number of rotatable bonds is 4. The molecule has 2 atom stereocenters. The molecule has 5 heteroatoms. The minimum absolute atomic E-state index is 0.0481. The third-order valence-electron chi connectivity index (χ3n) is 4.37. The van der Waals surface area contributed by atoms with Gasteiger partial charge in [0.25, 0.3) is 0 Å². The third kappa shape index (κ3) is 3.49. The van der Waals surface area contributed by atoms with Crippen molar-refractivity contribution in [1.82, 2.24) is 21.3 Å². The number of hydrogen-bond acceptors (Lipinski definition) is 5. The van der Waals surface area contributed by atoms with Crippen LogP contribution in [0, 0.1) is 5.92 Å². The number of hydrogen-bond donors (Lipinski definition) is 4. The smallest absolute Gasteiger partial charge is 0.169 e. The minimum atomic E-state index is -0.0481. The van der Waals surface area contributed by atoms with Gasteiger partial charge < -0.3 is 21.3 Å². The van der Waals surface area contributed by atoms with Crippen molar-refractivity contribution < 1.29 is 4.79 Å². The van der Waals surface area contributed by atoms with Gasteiger partial charge in [0.2, 0.25) is 0 Å². The molecular formula is C16H24N4O. The quantitative estimate of drug-likeness (QED) is 0.568. The number of carbonyl (C=O) groups excluding carboxylic acids is 1. The molecule has 0 spiro atoms. The zero-order valence-electron chi connectivity index (χ0n) is 12.3. The van der Waals surface area contributed by atoms with Crippen molar-refractivity contribution >= 4 is 5.78 Å². The number of piperazine rings is 2. The maximum absolute atomic E-state index is 13.0. The summed E-state index contributed by atoms with van der Waals surface area (Å²) < 4.78 is 0. The van der Waals surface area contributed by atoms with Crippen LogP contribution in [-0.2, 0) is 0 Å². The van der Waals surface area contributed by atoms with E-state index in [2.05, 4.69) is 21.3 Å². The van der Waals surface area contributed by atoms with Crippen LogP contribution < -0.4 is 21.3 Å². The molecule has 2 fully saturated rings. The van der Waals surface area contributed by atoms with E-state index in [1.807, 2.05) is 30.3 Å². The van der Waals surface area contributed by atoms with Gasteiger partial charge in [0.1, 0.15) is 0 Å². The van der Waals surface area contributed by atoms with Gasteiger partial charge in [-0.25, -0.2) is 0 Å². The Morgan fingerprint density at radius 3 is 1.95 bits per heavy atom. The Balaban J connectivity index is 1.81. The molecule has 5 nitrogen and oxygen atoms in total. The Morgan fingerprint density at radius 1 is 0.905 bits per heavy atom. The van der Waals surface area contributed by atoms with Crippen LogP contribution in [0.2, 0.25) is 0 Å². The summed E-state index contributed by atoms with van der Waals surface area (Å²) in [7, 11) is 0. The van der Waals surface area contributed by atoms with Gasteiger partial charge in [-0.15, -0.1) is 0 Å². The first kappa shape index (κ1) is 14.7. The van der Waals surface area contributed by atoms with Gasteiger partial charge in [-0.05, 0) is 0 Å². The molecule has 0 amide bonds. The summed E-state index contributed by atoms with van der Waals surface area (Å²) in [4.78, 5) is 13.0. The van der Waals surface area contributed by atoms with E-state index in [0.717, 1.165) is 44.8 Å². The lowest BCUT2D eigenvalue weighted by Crippen LogP contribution is -2.62. The van der Waals surface area contributed by atoms with E-state index >= 15 is 0 Å². The Labute approximate surface area is 125 Å². The standard InChI is InChI=1S/C16H24N4O/c21-16(12-4-2-1-3-5-12)15(13-10-17-6-8-19-13)14-11-18-7-9-20-14/h1-5,13-15,17-20H,6-11H2. The number of carbonyl (C=O) groups is 1. The van der Waals surface area contributed by atoms with Crippen molar-refractivity contribution in [2.45, 2.75) is 12.1 Å². The van der Waals surface area contributed by atoms with Gasteiger partial charge in [0, 0.05) is 56.9 Å². The molecule has 0 saturated carbocycles. The summed E-state index contributed by atoms with van der Waals surface area (Å²) in [5.41, 5.74) is 0.808. The van der Waals surface area contributed by atoms with Crippen molar-refractivity contribution in [3.8, 4) is 0 Å². The van der Waals surface area contributed by atoms with Gasteiger partial charge in [0.15, 0.2) is 5.78 Å². The molecule has 1 aromatic rings. The fraction of sp³-hybridized carbons (Fsp3) is 0.562. The SMILES string of the molecule is O=C(c1ccccc1)C(C1CNCCN1)C1CNCCN1. The summed E-state index contributed by atoms with van der Waals surface area (Å²) >= 11 is 0. The molecule has 0 radical (unpaired) electrons. The molecule has 2 unspecified atom stereocenters. The average Bonchev–Trinajstić information content (AvgIpc) is 2.58. The Kier molecular flexibility index (Phi) is 4.98. The molecular weight excluding hydrogens is 264 g/mol. The molecule has 0 aliphatic carbocycles. The largest absolute Gasteiger partial charge is 0.314 e. The topological polar surface area (TPSA) is 65.2 Å². The number of ketones is 1. The first-order valence-corrected chi connectivity index (χ1v) is 7.84. The minimum Gasteiger partial charge on any atom is -0.314 e. The first-order chi connectivity index (χ1) is 10.4. The Hall–Kier alpha value is -1.27. The van der Waals surface area contributed by atoms with Crippen LogP contribution >= 0.6 is 0 Å². The van der Waals surface area contributed by atoms with E-state index in [1.54, 1.807) is 0 Å². The normalized spacial score (nSPS) is 28.0. The van der Waals surface area contributed by atoms with Gasteiger partial charge in [0.05, 0.1) is 5.92 Å². The summed E-state index contributed by atoms with van der Waals surface area (Å²) in [6.07, 6.45) is 0. The zero-order valence-corrected chi connectivity index (χ0v) is 12.3. The van der Waals surface area contributed by atoms with Crippen molar-refractivity contribution in [3.63, 3.8) is 0 Å². The van der Waals surface area contributed by atoms with E-state index in [9.17, 15) is 4.79 Å². The number of benzene rings is 1. The molecule has 2 aliphatic rings. The number of nitrogens with one attached hydrogen (secondary N) is 4. The van der Waals surface area contributed by atoms with E-state index in [-0.39, 0.29) is 23.8 Å². The number of Topliss-reactive ketones (excluding diaryl/α,β-unsaturated/α-hetero) is 1. The molecule has 0 aromatic heterocycles. The molecule has 4 N–H and O–H groups in total. The summed E-state index contributed by atoms with van der Waals surface area (Å²) in [6.45, 7) is 5.48. The molecule has 0 bridgehead atoms. The first-order valence-electron chi connectivity index (χ1n) is 7.84. The van der Waals surface area contributed by atoms with Crippen LogP contribution in [0.5, 0.6) is 0 Å². The Bertz CT molecular complexity index is 435. The van der Waals surface area contributed by atoms with Gasteiger partial charge in [-0.2, -0.15) is 0 Å². The molecule has 114 valence electrons. The van der Waals surface area contributed by atoms with Crippen molar-refractivity contribution in [1.29, 1.82) is 0 Å². The fourth-order valence-corrected chi connectivity index (χ4v) is 3.30. The van der Waals surface area contributed by atoms with Gasteiger partial charge in [-0.1, -0.05) is 30.3 Å². The van der Waals surface area contributed by atoms with Crippen molar-refractivity contribution in [3.05, 3.63) is 35.9 Å². The molecule has 21 heavy (non-hydrogen) atoms. The highest BCUT2D eigenvalue weighted by atomic mass is 16.1. The Morgan fingerprint density at radius 2 is 1.48 bits per heavy atom. The summed E-state index contributed by atoms with van der Waals surface area (Å²) in [6, 6.07) is 10.0.